The predicted octanol–water partition coefficient (Wildman–Crippen LogP) is 5.37. The van der Waals surface area contributed by atoms with Crippen LogP contribution in [0, 0.1) is 6.92 Å². The van der Waals surface area contributed by atoms with E-state index in [1.165, 1.54) is 0 Å². The van der Waals surface area contributed by atoms with Crippen molar-refractivity contribution in [2.24, 2.45) is 0 Å². The highest BCUT2D eigenvalue weighted by atomic mass is 79.9. The number of hydrogen-bond acceptors (Lipinski definition) is 3. The molecule has 2 N–H and O–H groups in total. The van der Waals surface area contributed by atoms with Crippen LogP contribution in [0.1, 0.15) is 18.9 Å². The largest absolute Gasteiger partial charge is 0.370 e. The second-order valence-corrected chi connectivity index (χ2v) is 5.80. The molecule has 1 aromatic heterocycles. The number of hydrogen-bond donors (Lipinski definition) is 2. The summed E-state index contributed by atoms with van der Waals surface area (Å²) in [7, 11) is 0. The summed E-state index contributed by atoms with van der Waals surface area (Å²) >= 11 is 9.69. The molecule has 5 heteroatoms. The molecule has 1 heterocycles. The minimum absolute atomic E-state index is 0.732. The molecule has 20 heavy (non-hydrogen) atoms. The first-order valence-electron chi connectivity index (χ1n) is 6.53. The first-order chi connectivity index (χ1) is 9.60. The van der Waals surface area contributed by atoms with Gasteiger partial charge in [0.1, 0.15) is 11.6 Å². The molecule has 0 radical (unpaired) electrons. The van der Waals surface area contributed by atoms with Crippen LogP contribution in [0.3, 0.4) is 0 Å². The van der Waals surface area contributed by atoms with E-state index in [9.17, 15) is 0 Å². The Morgan fingerprint density at radius 3 is 2.75 bits per heavy atom. The molecule has 0 fully saturated rings. The lowest BCUT2D eigenvalue weighted by Crippen LogP contribution is -2.03. The van der Waals surface area contributed by atoms with Crippen molar-refractivity contribution in [3.05, 3.63) is 45.4 Å². The van der Waals surface area contributed by atoms with E-state index in [0.717, 1.165) is 45.3 Å². The van der Waals surface area contributed by atoms with Crippen LogP contribution in [0.15, 0.2) is 34.8 Å². The Labute approximate surface area is 132 Å². The Morgan fingerprint density at radius 1 is 1.25 bits per heavy atom. The third-order valence-electron chi connectivity index (χ3n) is 2.82. The standard InChI is InChI=1S/C15H17BrClN3/c1-3-7-18-14-5-4-6-15(20-14)19-13-9-12(17)10(2)8-11(13)16/h4-6,8-9H,3,7H2,1-2H3,(H2,18,19,20). The molecule has 2 aromatic rings. The number of benzene rings is 1. The van der Waals surface area contributed by atoms with Crippen LogP contribution >= 0.6 is 27.5 Å². The summed E-state index contributed by atoms with van der Waals surface area (Å²) in [6, 6.07) is 9.74. The number of aromatic nitrogens is 1. The van der Waals surface area contributed by atoms with Crippen LogP contribution in [-0.2, 0) is 0 Å². The molecule has 0 unspecified atom stereocenters. The Hall–Kier alpha value is -1.26. The van der Waals surface area contributed by atoms with Gasteiger partial charge in [-0.25, -0.2) is 4.98 Å². The van der Waals surface area contributed by atoms with E-state index in [0.29, 0.717) is 0 Å². The Bertz CT molecular complexity index is 602. The number of anilines is 3. The average Bonchev–Trinajstić information content (AvgIpc) is 2.43. The molecule has 2 rings (SSSR count). The summed E-state index contributed by atoms with van der Waals surface area (Å²) in [6.07, 6.45) is 1.07. The zero-order valence-corrected chi connectivity index (χ0v) is 13.8. The number of nitrogens with zero attached hydrogens (tertiary/aromatic N) is 1. The van der Waals surface area contributed by atoms with Crippen LogP contribution in [-0.4, -0.2) is 11.5 Å². The van der Waals surface area contributed by atoms with Crippen molar-refractivity contribution >= 4 is 44.9 Å². The molecule has 0 aliphatic rings. The highest BCUT2D eigenvalue weighted by molar-refractivity contribution is 9.10. The van der Waals surface area contributed by atoms with Gasteiger partial charge in [0.05, 0.1) is 5.69 Å². The van der Waals surface area contributed by atoms with Gasteiger partial charge >= 0.3 is 0 Å². The van der Waals surface area contributed by atoms with Crippen molar-refractivity contribution in [3.8, 4) is 0 Å². The highest BCUT2D eigenvalue weighted by Gasteiger charge is 2.05. The summed E-state index contributed by atoms with van der Waals surface area (Å²) in [6.45, 7) is 5.02. The van der Waals surface area contributed by atoms with Gasteiger partial charge in [-0.3, -0.25) is 0 Å². The van der Waals surface area contributed by atoms with Crippen molar-refractivity contribution < 1.29 is 0 Å². The quantitative estimate of drug-likeness (QED) is 0.757. The van der Waals surface area contributed by atoms with E-state index in [1.807, 2.05) is 37.3 Å². The second kappa shape index (κ2) is 6.95. The van der Waals surface area contributed by atoms with Gasteiger partial charge < -0.3 is 10.6 Å². The molecule has 3 nitrogen and oxygen atoms in total. The van der Waals surface area contributed by atoms with Crippen LogP contribution < -0.4 is 10.6 Å². The minimum Gasteiger partial charge on any atom is -0.370 e. The zero-order valence-electron chi connectivity index (χ0n) is 11.5. The normalized spacial score (nSPS) is 10.4. The van der Waals surface area contributed by atoms with E-state index in [2.05, 4.69) is 38.5 Å². The van der Waals surface area contributed by atoms with Gasteiger partial charge in [0, 0.05) is 16.0 Å². The Morgan fingerprint density at radius 2 is 2.00 bits per heavy atom. The molecule has 0 saturated heterocycles. The van der Waals surface area contributed by atoms with Gasteiger partial charge in [-0.2, -0.15) is 0 Å². The number of rotatable bonds is 5. The van der Waals surface area contributed by atoms with Gasteiger partial charge in [0.15, 0.2) is 0 Å². The van der Waals surface area contributed by atoms with Crippen LogP contribution in [0.25, 0.3) is 0 Å². The lowest BCUT2D eigenvalue weighted by molar-refractivity contribution is 0.970. The van der Waals surface area contributed by atoms with Gasteiger partial charge in [0.2, 0.25) is 0 Å². The van der Waals surface area contributed by atoms with Crippen LogP contribution in [0.2, 0.25) is 5.02 Å². The summed E-state index contributed by atoms with van der Waals surface area (Å²) in [5.41, 5.74) is 1.94. The minimum atomic E-state index is 0.732. The third kappa shape index (κ3) is 3.87. The fourth-order valence-electron chi connectivity index (χ4n) is 1.74. The van der Waals surface area contributed by atoms with Crippen molar-refractivity contribution in [1.82, 2.24) is 4.98 Å². The van der Waals surface area contributed by atoms with Crippen LogP contribution in [0.4, 0.5) is 17.3 Å². The average molecular weight is 355 g/mol. The molecule has 0 saturated carbocycles. The van der Waals surface area contributed by atoms with E-state index >= 15 is 0 Å². The zero-order chi connectivity index (χ0) is 14.5. The molecule has 106 valence electrons. The van der Waals surface area contributed by atoms with Crippen molar-refractivity contribution in [3.63, 3.8) is 0 Å². The number of aryl methyl sites for hydroxylation is 1. The fraction of sp³-hybridized carbons (Fsp3) is 0.267. The molecule has 0 aliphatic carbocycles. The third-order valence-corrected chi connectivity index (χ3v) is 3.88. The summed E-state index contributed by atoms with van der Waals surface area (Å²) < 4.78 is 0.966. The predicted molar refractivity (Wildman–Crippen MR) is 90.2 cm³/mol. The Balaban J connectivity index is 2.19. The van der Waals surface area contributed by atoms with E-state index in [4.69, 9.17) is 11.6 Å². The van der Waals surface area contributed by atoms with Gasteiger partial charge in [-0.1, -0.05) is 24.6 Å². The number of pyridine rings is 1. The Kier molecular flexibility index (Phi) is 5.26. The lowest BCUT2D eigenvalue weighted by Gasteiger charge is -2.11. The van der Waals surface area contributed by atoms with Crippen molar-refractivity contribution in [2.75, 3.05) is 17.2 Å². The maximum Gasteiger partial charge on any atom is 0.132 e. The first kappa shape index (κ1) is 15.1. The van der Waals surface area contributed by atoms with Crippen molar-refractivity contribution in [1.29, 1.82) is 0 Å². The molecular formula is C15H17BrClN3. The summed E-state index contributed by atoms with van der Waals surface area (Å²) in [5, 5.41) is 7.27. The second-order valence-electron chi connectivity index (χ2n) is 4.54. The molecular weight excluding hydrogens is 338 g/mol. The monoisotopic (exact) mass is 353 g/mol. The molecule has 0 amide bonds. The van der Waals surface area contributed by atoms with E-state index in [-0.39, 0.29) is 0 Å². The van der Waals surface area contributed by atoms with Gasteiger partial charge in [0.25, 0.3) is 0 Å². The maximum absolute atomic E-state index is 6.16. The summed E-state index contributed by atoms with van der Waals surface area (Å²) in [4.78, 5) is 4.51. The van der Waals surface area contributed by atoms with Gasteiger partial charge in [-0.05, 0) is 59.1 Å². The number of halogens is 2. The topological polar surface area (TPSA) is 37.0 Å². The molecule has 1 aromatic carbocycles. The maximum atomic E-state index is 6.16. The highest BCUT2D eigenvalue weighted by Crippen LogP contribution is 2.31. The molecule has 0 aliphatic heterocycles. The van der Waals surface area contributed by atoms with Crippen LogP contribution in [0.5, 0.6) is 0 Å². The molecule has 0 spiro atoms. The lowest BCUT2D eigenvalue weighted by atomic mass is 10.2. The SMILES string of the molecule is CCCNc1cccc(Nc2cc(Cl)c(C)cc2Br)n1. The first-order valence-corrected chi connectivity index (χ1v) is 7.71. The number of nitrogens with one attached hydrogen (secondary N) is 2. The molecule has 0 bridgehead atoms. The van der Waals surface area contributed by atoms with E-state index in [1.54, 1.807) is 0 Å². The fourth-order valence-corrected chi connectivity index (χ4v) is 2.46. The van der Waals surface area contributed by atoms with E-state index < -0.39 is 0 Å². The molecule has 0 atom stereocenters. The smallest absolute Gasteiger partial charge is 0.132 e. The van der Waals surface area contributed by atoms with Gasteiger partial charge in [-0.15, -0.1) is 0 Å². The summed E-state index contributed by atoms with van der Waals surface area (Å²) in [5.74, 6) is 1.65. The van der Waals surface area contributed by atoms with Crippen molar-refractivity contribution in [2.45, 2.75) is 20.3 Å².